The van der Waals surface area contributed by atoms with Crippen LogP contribution in [0.15, 0.2) is 79.1 Å². The lowest BCUT2D eigenvalue weighted by Crippen LogP contribution is -2.39. The zero-order valence-electron chi connectivity index (χ0n) is 20.5. The minimum atomic E-state index is -0.343. The Morgan fingerprint density at radius 2 is 1.76 bits per heavy atom. The van der Waals surface area contributed by atoms with Crippen molar-refractivity contribution in [1.29, 1.82) is 0 Å². The van der Waals surface area contributed by atoms with Crippen molar-refractivity contribution in [3.05, 3.63) is 79.1 Å². The van der Waals surface area contributed by atoms with E-state index >= 15 is 0 Å². The van der Waals surface area contributed by atoms with Gasteiger partial charge in [0.05, 0.1) is 17.4 Å². The number of ether oxygens (including phenoxy) is 1. The molecule has 1 aliphatic heterocycles. The summed E-state index contributed by atoms with van der Waals surface area (Å²) in [5.41, 5.74) is 7.93. The van der Waals surface area contributed by atoms with Crippen molar-refractivity contribution in [2.45, 2.75) is 18.9 Å². The summed E-state index contributed by atoms with van der Waals surface area (Å²) in [6.07, 6.45) is 4.67. The number of nitrogens with two attached hydrogens (primary N) is 1. The zero-order valence-corrected chi connectivity index (χ0v) is 20.5. The summed E-state index contributed by atoms with van der Waals surface area (Å²) in [5.74, 6) is 2.67. The smallest absolute Gasteiger partial charge is 0.228 e. The number of aliphatic hydroxyl groups is 1. The molecule has 0 bridgehead atoms. The Balaban J connectivity index is 1.23. The summed E-state index contributed by atoms with van der Waals surface area (Å²) in [7, 11) is 0. The molecule has 0 radical (unpaired) electrons. The van der Waals surface area contributed by atoms with E-state index in [1.807, 2.05) is 60.7 Å². The molecule has 0 amide bonds. The summed E-state index contributed by atoms with van der Waals surface area (Å²) in [6.45, 7) is 1.42. The third kappa shape index (κ3) is 4.89. The topological polar surface area (TPSA) is 135 Å². The van der Waals surface area contributed by atoms with Gasteiger partial charge in [-0.25, -0.2) is 15.0 Å². The quantitative estimate of drug-likeness (QED) is 0.301. The number of aromatic nitrogens is 5. The molecule has 5 aromatic rings. The fourth-order valence-electron chi connectivity index (χ4n) is 4.61. The first-order chi connectivity index (χ1) is 18.6. The molecule has 4 heterocycles. The number of nitrogen functional groups attached to an aromatic ring is 1. The van der Waals surface area contributed by atoms with Crippen LogP contribution in [0.3, 0.4) is 0 Å². The van der Waals surface area contributed by atoms with Crippen molar-refractivity contribution < 1.29 is 9.84 Å². The van der Waals surface area contributed by atoms with Gasteiger partial charge in [0.1, 0.15) is 5.75 Å². The Bertz CT molecular complexity index is 1580. The molecule has 10 nitrogen and oxygen atoms in total. The number of anilines is 4. The molecule has 10 heteroatoms. The largest absolute Gasteiger partial charge is 0.438 e. The summed E-state index contributed by atoms with van der Waals surface area (Å²) in [4.78, 5) is 14.7. The number of nitrogens with one attached hydrogen (secondary N) is 1. The molecule has 1 fully saturated rings. The lowest BCUT2D eigenvalue weighted by atomic mass is 10.1. The minimum Gasteiger partial charge on any atom is -0.438 e. The molecule has 38 heavy (non-hydrogen) atoms. The molecular weight excluding hydrogens is 480 g/mol. The van der Waals surface area contributed by atoms with E-state index in [4.69, 9.17) is 10.5 Å². The first-order valence-corrected chi connectivity index (χ1v) is 12.4. The van der Waals surface area contributed by atoms with Crippen molar-refractivity contribution in [1.82, 2.24) is 25.1 Å². The number of hydrogen-bond donors (Lipinski definition) is 3. The maximum absolute atomic E-state index is 10.1. The highest BCUT2D eigenvalue weighted by atomic mass is 16.5. The molecule has 3 aromatic heterocycles. The summed E-state index contributed by atoms with van der Waals surface area (Å²) >= 11 is 0. The molecule has 1 saturated heterocycles. The van der Waals surface area contributed by atoms with Crippen LogP contribution in [0.2, 0.25) is 0 Å². The van der Waals surface area contributed by atoms with Crippen LogP contribution >= 0.6 is 0 Å². The van der Waals surface area contributed by atoms with Gasteiger partial charge in [-0.15, -0.1) is 10.2 Å². The Morgan fingerprint density at radius 3 is 2.58 bits per heavy atom. The zero-order chi connectivity index (χ0) is 25.9. The lowest BCUT2D eigenvalue weighted by molar-refractivity contribution is 0.154. The summed E-state index contributed by atoms with van der Waals surface area (Å²) in [6, 6.07) is 21.0. The highest BCUT2D eigenvalue weighted by molar-refractivity contribution is 5.99. The fraction of sp³-hybridized carbons (Fsp3) is 0.179. The lowest BCUT2D eigenvalue weighted by Gasteiger charge is -2.31. The second-order valence-electron chi connectivity index (χ2n) is 9.07. The Morgan fingerprint density at radius 1 is 0.921 bits per heavy atom. The van der Waals surface area contributed by atoms with E-state index in [9.17, 15) is 5.11 Å². The van der Waals surface area contributed by atoms with Gasteiger partial charge in [0.2, 0.25) is 11.8 Å². The Kier molecular flexibility index (Phi) is 6.37. The fourth-order valence-corrected chi connectivity index (χ4v) is 4.61. The van der Waals surface area contributed by atoms with Crippen LogP contribution < -0.4 is 20.7 Å². The van der Waals surface area contributed by atoms with Gasteiger partial charge in [0.25, 0.3) is 0 Å². The summed E-state index contributed by atoms with van der Waals surface area (Å²) < 4.78 is 6.08. The highest BCUT2D eigenvalue weighted by Gasteiger charge is 2.22. The number of hydrogen-bond acceptors (Lipinski definition) is 10. The van der Waals surface area contributed by atoms with Crippen LogP contribution in [-0.4, -0.2) is 49.4 Å². The SMILES string of the molecule is Nc1nccc(-c2cccnc2Oc2ccc(Nc3nnc(N4CCCC(O)C4)c4ccccc34)cc2)n1. The van der Waals surface area contributed by atoms with Crippen molar-refractivity contribution in [3.8, 4) is 22.9 Å². The molecule has 1 atom stereocenters. The van der Waals surface area contributed by atoms with Gasteiger partial charge >= 0.3 is 0 Å². The number of β-amino-alcohol motifs (C(OH)–C–C–N with tert-alkyl or cyclic N) is 1. The molecule has 6 rings (SSSR count). The van der Waals surface area contributed by atoms with Crippen molar-refractivity contribution in [3.63, 3.8) is 0 Å². The number of aliphatic hydroxyl groups excluding tert-OH is 1. The van der Waals surface area contributed by atoms with E-state index in [1.165, 1.54) is 0 Å². The molecule has 0 spiro atoms. The molecule has 1 unspecified atom stereocenters. The average Bonchev–Trinajstić information content (AvgIpc) is 2.94. The van der Waals surface area contributed by atoms with E-state index < -0.39 is 0 Å². The molecule has 2 aromatic carbocycles. The van der Waals surface area contributed by atoms with E-state index in [1.54, 1.807) is 18.5 Å². The van der Waals surface area contributed by atoms with Gasteiger partial charge in [-0.1, -0.05) is 24.3 Å². The summed E-state index contributed by atoms with van der Waals surface area (Å²) in [5, 5.41) is 24.5. The Hall–Kier alpha value is -4.83. The van der Waals surface area contributed by atoms with E-state index in [-0.39, 0.29) is 12.1 Å². The maximum atomic E-state index is 10.1. The van der Waals surface area contributed by atoms with Crippen LogP contribution in [0.4, 0.5) is 23.3 Å². The number of nitrogens with zero attached hydrogens (tertiary/aromatic N) is 6. The molecule has 0 saturated carbocycles. The van der Waals surface area contributed by atoms with Gasteiger partial charge in [-0.3, -0.25) is 0 Å². The van der Waals surface area contributed by atoms with Gasteiger partial charge in [0.15, 0.2) is 11.6 Å². The second kappa shape index (κ2) is 10.3. The van der Waals surface area contributed by atoms with Gasteiger partial charge in [-0.2, -0.15) is 0 Å². The first-order valence-electron chi connectivity index (χ1n) is 12.4. The highest BCUT2D eigenvalue weighted by Crippen LogP contribution is 2.33. The maximum Gasteiger partial charge on any atom is 0.228 e. The minimum absolute atomic E-state index is 0.185. The number of rotatable bonds is 6. The van der Waals surface area contributed by atoms with E-state index in [0.717, 1.165) is 41.7 Å². The number of fused-ring (bicyclic) bond motifs is 1. The van der Waals surface area contributed by atoms with Crippen molar-refractivity contribution in [2.75, 3.05) is 29.0 Å². The van der Waals surface area contributed by atoms with Gasteiger partial charge in [0, 0.05) is 41.9 Å². The Labute approximate surface area is 219 Å². The predicted octanol–water partition coefficient (Wildman–Crippen LogP) is 4.56. The van der Waals surface area contributed by atoms with Crippen molar-refractivity contribution in [2.24, 2.45) is 0 Å². The first kappa shape index (κ1) is 23.6. The van der Waals surface area contributed by atoms with Gasteiger partial charge < -0.3 is 25.8 Å². The van der Waals surface area contributed by atoms with Crippen LogP contribution in [0, 0.1) is 0 Å². The average molecular weight is 507 g/mol. The molecule has 4 N–H and O–H groups in total. The monoisotopic (exact) mass is 506 g/mol. The van der Waals surface area contributed by atoms with Gasteiger partial charge in [-0.05, 0) is 55.3 Å². The van der Waals surface area contributed by atoms with E-state index in [2.05, 4.69) is 35.4 Å². The standard InChI is InChI=1S/C28H26N8O2/c29-28-31-15-13-24(33-28)23-8-3-14-30-27(23)38-20-11-9-18(10-12-20)32-25-21-6-1-2-7-22(21)26(35-34-25)36-16-4-5-19(37)17-36/h1-3,6-15,19,37H,4-5,16-17H2,(H,32,34)(H2,29,31,33). The van der Waals surface area contributed by atoms with Crippen LogP contribution in [0.1, 0.15) is 12.8 Å². The van der Waals surface area contributed by atoms with Crippen LogP contribution in [0.25, 0.3) is 22.0 Å². The normalized spacial score (nSPS) is 15.4. The van der Waals surface area contributed by atoms with Crippen LogP contribution in [0.5, 0.6) is 11.6 Å². The number of benzene rings is 2. The third-order valence-corrected chi connectivity index (χ3v) is 6.42. The molecule has 1 aliphatic rings. The number of piperidine rings is 1. The van der Waals surface area contributed by atoms with E-state index in [0.29, 0.717) is 35.2 Å². The number of pyridine rings is 1. The molecule has 190 valence electrons. The molecular formula is C28H26N8O2. The van der Waals surface area contributed by atoms with Crippen molar-refractivity contribution >= 4 is 34.0 Å². The van der Waals surface area contributed by atoms with Crippen LogP contribution in [-0.2, 0) is 0 Å². The molecule has 0 aliphatic carbocycles. The second-order valence-corrected chi connectivity index (χ2v) is 9.07. The third-order valence-electron chi connectivity index (χ3n) is 6.42. The predicted molar refractivity (Wildman–Crippen MR) is 146 cm³/mol.